The van der Waals surface area contributed by atoms with Gasteiger partial charge in [0.05, 0.1) is 5.75 Å². The molecule has 3 aromatic rings. The summed E-state index contributed by atoms with van der Waals surface area (Å²) < 4.78 is 0. The number of Topliss-reactive ketones (excluding diaryl/α,β-unsaturated/α-hetero) is 1. The molecule has 0 amide bonds. The molecule has 1 fully saturated rings. The van der Waals surface area contributed by atoms with Crippen LogP contribution in [0.25, 0.3) is 10.2 Å². The molecule has 1 aromatic carbocycles. The van der Waals surface area contributed by atoms with Gasteiger partial charge >= 0.3 is 0 Å². The Bertz CT molecular complexity index is 962. The molecular weight excluding hydrogens is 372 g/mol. The first-order chi connectivity index (χ1) is 12.0. The highest BCUT2D eigenvalue weighted by atomic mass is 35.5. The summed E-state index contributed by atoms with van der Waals surface area (Å²) in [4.78, 5) is 24.4. The van der Waals surface area contributed by atoms with Gasteiger partial charge < -0.3 is 0 Å². The third-order valence-electron chi connectivity index (χ3n) is 4.46. The van der Waals surface area contributed by atoms with Crippen molar-refractivity contribution < 1.29 is 4.79 Å². The first-order valence-electron chi connectivity index (χ1n) is 8.22. The van der Waals surface area contributed by atoms with Crippen LogP contribution in [-0.2, 0) is 0 Å². The van der Waals surface area contributed by atoms with Crippen molar-refractivity contribution in [1.29, 1.82) is 0 Å². The molecule has 4 rings (SSSR count). The lowest BCUT2D eigenvalue weighted by molar-refractivity contribution is 0.102. The maximum atomic E-state index is 12.5. The molecule has 0 saturated heterocycles. The highest BCUT2D eigenvalue weighted by Gasteiger charge is 2.28. The van der Waals surface area contributed by atoms with Crippen LogP contribution in [0.15, 0.2) is 29.3 Å². The molecule has 6 heteroatoms. The number of nitrogens with zero attached hydrogens (tertiary/aromatic N) is 2. The lowest BCUT2D eigenvalue weighted by Gasteiger charge is -2.06. The van der Waals surface area contributed by atoms with E-state index < -0.39 is 0 Å². The quantitative estimate of drug-likeness (QED) is 0.314. The number of hydrogen-bond donors (Lipinski definition) is 0. The van der Waals surface area contributed by atoms with Crippen LogP contribution in [0.2, 0.25) is 5.02 Å². The Morgan fingerprint density at radius 1 is 1.24 bits per heavy atom. The standard InChI is InChI=1S/C19H17ClN2OS2/c1-10-11(2)25-19-16(10)18(21-17(22-19)13-3-4-13)24-9-15(23)12-5-7-14(20)8-6-12/h5-8,13H,3-4,9H2,1-2H3. The van der Waals surface area contributed by atoms with Crippen molar-refractivity contribution in [2.45, 2.75) is 37.6 Å². The minimum absolute atomic E-state index is 0.0889. The molecule has 1 aliphatic carbocycles. The minimum atomic E-state index is 0.0889. The van der Waals surface area contributed by atoms with E-state index in [0.717, 1.165) is 21.1 Å². The number of ketones is 1. The SMILES string of the molecule is Cc1sc2nc(C3CC3)nc(SCC(=O)c3ccc(Cl)cc3)c2c1C. The van der Waals surface area contributed by atoms with Gasteiger partial charge in [-0.3, -0.25) is 4.79 Å². The van der Waals surface area contributed by atoms with E-state index in [1.165, 1.54) is 35.0 Å². The molecule has 0 N–H and O–H groups in total. The van der Waals surface area contributed by atoms with Gasteiger partial charge in [-0.25, -0.2) is 9.97 Å². The third kappa shape index (κ3) is 3.46. The van der Waals surface area contributed by atoms with E-state index in [1.54, 1.807) is 35.6 Å². The van der Waals surface area contributed by atoms with Crippen LogP contribution in [0.4, 0.5) is 0 Å². The fourth-order valence-electron chi connectivity index (χ4n) is 2.71. The molecular formula is C19H17ClN2OS2. The molecule has 0 bridgehead atoms. The second kappa shape index (κ2) is 6.71. The van der Waals surface area contributed by atoms with Gasteiger partial charge in [-0.2, -0.15) is 0 Å². The number of fused-ring (bicyclic) bond motifs is 1. The fourth-order valence-corrected chi connectivity index (χ4v) is 4.92. The monoisotopic (exact) mass is 388 g/mol. The Morgan fingerprint density at radius 2 is 1.96 bits per heavy atom. The number of rotatable bonds is 5. The molecule has 3 nitrogen and oxygen atoms in total. The van der Waals surface area contributed by atoms with E-state index in [1.807, 2.05) is 0 Å². The summed E-state index contributed by atoms with van der Waals surface area (Å²) in [6.07, 6.45) is 2.34. The van der Waals surface area contributed by atoms with E-state index in [4.69, 9.17) is 21.6 Å². The van der Waals surface area contributed by atoms with Crippen molar-refractivity contribution in [3.8, 4) is 0 Å². The van der Waals surface area contributed by atoms with Crippen LogP contribution in [-0.4, -0.2) is 21.5 Å². The molecule has 0 spiro atoms. The molecule has 25 heavy (non-hydrogen) atoms. The molecule has 0 radical (unpaired) electrons. The topological polar surface area (TPSA) is 42.9 Å². The van der Waals surface area contributed by atoms with Crippen LogP contribution < -0.4 is 0 Å². The zero-order valence-electron chi connectivity index (χ0n) is 14.0. The van der Waals surface area contributed by atoms with Gasteiger partial charge in [0.2, 0.25) is 0 Å². The average molecular weight is 389 g/mol. The maximum Gasteiger partial charge on any atom is 0.173 e. The minimum Gasteiger partial charge on any atom is -0.293 e. The summed E-state index contributed by atoms with van der Waals surface area (Å²) in [5, 5.41) is 2.69. The molecule has 1 aliphatic rings. The Kier molecular flexibility index (Phi) is 4.56. The third-order valence-corrected chi connectivity index (χ3v) is 6.79. The second-order valence-corrected chi connectivity index (χ2v) is 8.95. The number of aryl methyl sites for hydroxylation is 2. The van der Waals surface area contributed by atoms with Crippen LogP contribution in [0.3, 0.4) is 0 Å². The Balaban J connectivity index is 1.63. The molecule has 128 valence electrons. The number of aromatic nitrogens is 2. The maximum absolute atomic E-state index is 12.5. The summed E-state index contributed by atoms with van der Waals surface area (Å²) in [5.74, 6) is 1.89. The number of hydrogen-bond acceptors (Lipinski definition) is 5. The van der Waals surface area contributed by atoms with Crippen molar-refractivity contribution in [2.75, 3.05) is 5.75 Å². The summed E-state index contributed by atoms with van der Waals surface area (Å²) in [5.41, 5.74) is 1.91. The highest BCUT2D eigenvalue weighted by molar-refractivity contribution is 8.00. The van der Waals surface area contributed by atoms with Gasteiger partial charge in [-0.1, -0.05) is 23.4 Å². The van der Waals surface area contributed by atoms with Crippen molar-refractivity contribution in [3.63, 3.8) is 0 Å². The normalized spacial score (nSPS) is 14.2. The summed E-state index contributed by atoms with van der Waals surface area (Å²) in [7, 11) is 0. The summed E-state index contributed by atoms with van der Waals surface area (Å²) in [6.45, 7) is 4.23. The first kappa shape index (κ1) is 17.0. The van der Waals surface area contributed by atoms with Crippen molar-refractivity contribution in [1.82, 2.24) is 9.97 Å². The van der Waals surface area contributed by atoms with Crippen molar-refractivity contribution >= 4 is 50.7 Å². The zero-order valence-corrected chi connectivity index (χ0v) is 16.4. The predicted octanol–water partition coefficient (Wildman–Crippen LogP) is 5.81. The number of thioether (sulfide) groups is 1. The van der Waals surface area contributed by atoms with Crippen LogP contribution in [0, 0.1) is 13.8 Å². The highest BCUT2D eigenvalue weighted by Crippen LogP contribution is 2.42. The van der Waals surface area contributed by atoms with Crippen LogP contribution >= 0.6 is 34.7 Å². The molecule has 2 heterocycles. The van der Waals surface area contributed by atoms with Gasteiger partial charge in [-0.05, 0) is 56.5 Å². The lowest BCUT2D eigenvalue weighted by Crippen LogP contribution is -2.03. The van der Waals surface area contributed by atoms with Gasteiger partial charge in [0.15, 0.2) is 5.78 Å². The molecule has 0 aliphatic heterocycles. The number of thiophene rings is 1. The molecule has 1 saturated carbocycles. The summed E-state index contributed by atoms with van der Waals surface area (Å²) in [6, 6.07) is 7.05. The fraction of sp³-hybridized carbons (Fsp3) is 0.316. The predicted molar refractivity (Wildman–Crippen MR) is 105 cm³/mol. The van der Waals surface area contributed by atoms with Gasteiger partial charge in [0.25, 0.3) is 0 Å². The molecule has 0 atom stereocenters. The lowest BCUT2D eigenvalue weighted by atomic mass is 10.1. The van der Waals surface area contributed by atoms with Gasteiger partial charge in [0.1, 0.15) is 15.7 Å². The average Bonchev–Trinajstić information content (AvgIpc) is 3.40. The Labute approximate surface area is 159 Å². The van der Waals surface area contributed by atoms with E-state index in [2.05, 4.69) is 13.8 Å². The van der Waals surface area contributed by atoms with Crippen molar-refractivity contribution in [3.05, 3.63) is 51.1 Å². The largest absolute Gasteiger partial charge is 0.293 e. The van der Waals surface area contributed by atoms with Gasteiger partial charge in [0, 0.05) is 26.8 Å². The Hall–Kier alpha value is -1.43. The van der Waals surface area contributed by atoms with Gasteiger partial charge in [-0.15, -0.1) is 11.3 Å². The zero-order chi connectivity index (χ0) is 17.6. The first-order valence-corrected chi connectivity index (χ1v) is 10.4. The van der Waals surface area contributed by atoms with Crippen molar-refractivity contribution in [2.24, 2.45) is 0 Å². The molecule has 0 unspecified atom stereocenters. The van der Waals surface area contributed by atoms with E-state index in [-0.39, 0.29) is 5.78 Å². The number of benzene rings is 1. The number of carbonyl (C=O) groups excluding carboxylic acids is 1. The van der Waals surface area contributed by atoms with E-state index >= 15 is 0 Å². The Morgan fingerprint density at radius 3 is 2.64 bits per heavy atom. The smallest absolute Gasteiger partial charge is 0.173 e. The van der Waals surface area contributed by atoms with E-state index in [0.29, 0.717) is 22.3 Å². The molecule has 2 aromatic heterocycles. The van der Waals surface area contributed by atoms with Crippen LogP contribution in [0.1, 0.15) is 45.4 Å². The number of carbonyl (C=O) groups is 1. The second-order valence-electron chi connectivity index (χ2n) is 6.34. The van der Waals surface area contributed by atoms with Crippen LogP contribution in [0.5, 0.6) is 0 Å². The van der Waals surface area contributed by atoms with E-state index in [9.17, 15) is 4.79 Å². The number of halogens is 1. The summed E-state index contributed by atoms with van der Waals surface area (Å²) >= 11 is 9.13.